The van der Waals surface area contributed by atoms with E-state index in [1.165, 1.54) is 0 Å². The van der Waals surface area contributed by atoms with E-state index >= 15 is 0 Å². The van der Waals surface area contributed by atoms with Crippen LogP contribution in [0.15, 0.2) is 0 Å². The number of hydrogen-bond acceptors (Lipinski definition) is 3. The highest BCUT2D eigenvalue weighted by Crippen LogP contribution is 2.34. The summed E-state index contributed by atoms with van der Waals surface area (Å²) in [6.07, 6.45) is 1.39. The van der Waals surface area contributed by atoms with Crippen molar-refractivity contribution in [3.63, 3.8) is 0 Å². The van der Waals surface area contributed by atoms with Crippen LogP contribution in [0, 0.1) is 19.3 Å². The van der Waals surface area contributed by atoms with Crippen molar-refractivity contribution in [2.24, 2.45) is 12.5 Å². The van der Waals surface area contributed by atoms with Crippen LogP contribution in [-0.2, 0) is 23.1 Å². The molecule has 1 aliphatic rings. The van der Waals surface area contributed by atoms with Gasteiger partial charge in [0.2, 0.25) is 5.91 Å². The van der Waals surface area contributed by atoms with Crippen LogP contribution in [0.2, 0.25) is 0 Å². The molecule has 0 radical (unpaired) electrons. The number of rotatable bonds is 4. The number of amides is 1. The molecule has 6 nitrogen and oxygen atoms in total. The molecule has 0 bridgehead atoms. The van der Waals surface area contributed by atoms with Crippen LogP contribution in [0.4, 0.5) is 0 Å². The summed E-state index contributed by atoms with van der Waals surface area (Å²) in [4.78, 5) is 25.6. The molecule has 0 aliphatic carbocycles. The molecule has 2 heterocycles. The standard InChI is InChI=1S/C15H23N3O3/c1-5-15(14(20)21)6-7-18(9-15)13(19)8-12-10(2)16-17(4)11(12)3/h5-9H2,1-4H3,(H,20,21). The normalized spacial score (nSPS) is 21.8. The maximum absolute atomic E-state index is 12.5. The Labute approximate surface area is 124 Å². The van der Waals surface area contributed by atoms with Crippen molar-refractivity contribution >= 4 is 11.9 Å². The van der Waals surface area contributed by atoms with Gasteiger partial charge in [-0.15, -0.1) is 0 Å². The Kier molecular flexibility index (Phi) is 4.07. The van der Waals surface area contributed by atoms with Gasteiger partial charge in [-0.05, 0) is 26.7 Å². The van der Waals surface area contributed by atoms with E-state index in [9.17, 15) is 14.7 Å². The van der Waals surface area contributed by atoms with Crippen LogP contribution in [0.5, 0.6) is 0 Å². The van der Waals surface area contributed by atoms with Gasteiger partial charge >= 0.3 is 5.97 Å². The summed E-state index contributed by atoms with van der Waals surface area (Å²) in [6, 6.07) is 0. The maximum atomic E-state index is 12.5. The molecule has 1 N–H and O–H groups in total. The minimum atomic E-state index is -0.797. The zero-order valence-electron chi connectivity index (χ0n) is 13.1. The molecule has 0 aromatic carbocycles. The number of aromatic nitrogens is 2. The molecular formula is C15H23N3O3. The molecule has 1 aromatic rings. The highest BCUT2D eigenvalue weighted by Gasteiger charge is 2.44. The molecule has 116 valence electrons. The van der Waals surface area contributed by atoms with Gasteiger partial charge in [-0.2, -0.15) is 5.10 Å². The lowest BCUT2D eigenvalue weighted by Crippen LogP contribution is -2.37. The van der Waals surface area contributed by atoms with Crippen molar-refractivity contribution in [2.75, 3.05) is 13.1 Å². The zero-order chi connectivity index (χ0) is 15.8. The van der Waals surface area contributed by atoms with Gasteiger partial charge in [0, 0.05) is 31.4 Å². The van der Waals surface area contributed by atoms with Crippen molar-refractivity contribution in [2.45, 2.75) is 40.0 Å². The van der Waals surface area contributed by atoms with Crippen LogP contribution in [0.1, 0.15) is 36.7 Å². The van der Waals surface area contributed by atoms with E-state index in [4.69, 9.17) is 0 Å². The number of likely N-dealkylation sites (tertiary alicyclic amines) is 1. The summed E-state index contributed by atoms with van der Waals surface area (Å²) in [5, 5.41) is 13.7. The number of nitrogens with zero attached hydrogens (tertiary/aromatic N) is 3. The third-order valence-electron chi connectivity index (χ3n) is 4.82. The van der Waals surface area contributed by atoms with Crippen molar-refractivity contribution in [1.82, 2.24) is 14.7 Å². The van der Waals surface area contributed by atoms with Crippen molar-refractivity contribution in [1.29, 1.82) is 0 Å². The van der Waals surface area contributed by atoms with Gasteiger partial charge in [0.15, 0.2) is 0 Å². The lowest BCUT2D eigenvalue weighted by Gasteiger charge is -2.23. The van der Waals surface area contributed by atoms with Gasteiger partial charge in [0.25, 0.3) is 0 Å². The van der Waals surface area contributed by atoms with Gasteiger partial charge in [-0.25, -0.2) is 0 Å². The quantitative estimate of drug-likeness (QED) is 0.907. The number of hydrogen-bond donors (Lipinski definition) is 1. The molecule has 21 heavy (non-hydrogen) atoms. The predicted molar refractivity (Wildman–Crippen MR) is 77.9 cm³/mol. The molecule has 1 unspecified atom stereocenters. The summed E-state index contributed by atoms with van der Waals surface area (Å²) < 4.78 is 1.77. The monoisotopic (exact) mass is 293 g/mol. The molecule has 6 heteroatoms. The molecule has 2 rings (SSSR count). The fourth-order valence-corrected chi connectivity index (χ4v) is 3.04. The van der Waals surface area contributed by atoms with Crippen LogP contribution in [-0.4, -0.2) is 44.8 Å². The molecule has 1 amide bonds. The molecule has 1 saturated heterocycles. The molecular weight excluding hydrogens is 270 g/mol. The third-order valence-corrected chi connectivity index (χ3v) is 4.82. The predicted octanol–water partition coefficient (Wildman–Crippen LogP) is 1.29. The lowest BCUT2D eigenvalue weighted by atomic mass is 9.84. The second kappa shape index (κ2) is 5.50. The van der Waals surface area contributed by atoms with Crippen LogP contribution < -0.4 is 0 Å². The Morgan fingerprint density at radius 2 is 2.05 bits per heavy atom. The number of carbonyl (C=O) groups is 2. The van der Waals surface area contributed by atoms with E-state index in [0.717, 1.165) is 17.0 Å². The Morgan fingerprint density at radius 3 is 2.48 bits per heavy atom. The summed E-state index contributed by atoms with van der Waals surface area (Å²) >= 11 is 0. The number of carbonyl (C=O) groups excluding carboxylic acids is 1. The fourth-order valence-electron chi connectivity index (χ4n) is 3.04. The Balaban J connectivity index is 2.11. The van der Waals surface area contributed by atoms with Gasteiger partial charge in [0.05, 0.1) is 17.5 Å². The highest BCUT2D eigenvalue weighted by atomic mass is 16.4. The van der Waals surface area contributed by atoms with E-state index in [1.807, 2.05) is 27.8 Å². The molecule has 1 atom stereocenters. The number of carboxylic acids is 1. The second-order valence-corrected chi connectivity index (χ2v) is 5.95. The van der Waals surface area contributed by atoms with E-state index in [0.29, 0.717) is 32.4 Å². The smallest absolute Gasteiger partial charge is 0.311 e. The van der Waals surface area contributed by atoms with Gasteiger partial charge in [-0.1, -0.05) is 6.92 Å². The Hall–Kier alpha value is -1.85. The first kappa shape index (κ1) is 15.5. The third kappa shape index (κ3) is 2.66. The van der Waals surface area contributed by atoms with Crippen LogP contribution >= 0.6 is 0 Å². The first-order valence-corrected chi connectivity index (χ1v) is 7.31. The van der Waals surface area contributed by atoms with Gasteiger partial charge < -0.3 is 10.0 Å². The largest absolute Gasteiger partial charge is 0.481 e. The summed E-state index contributed by atoms with van der Waals surface area (Å²) in [7, 11) is 1.86. The fraction of sp³-hybridized carbons (Fsp3) is 0.667. The molecule has 1 fully saturated rings. The molecule has 0 saturated carbocycles. The Bertz CT molecular complexity index is 579. The highest BCUT2D eigenvalue weighted by molar-refractivity contribution is 5.82. The SMILES string of the molecule is CCC1(C(=O)O)CCN(C(=O)Cc2c(C)nn(C)c2C)C1. The van der Waals surface area contributed by atoms with Crippen LogP contribution in [0.3, 0.4) is 0 Å². The Morgan fingerprint density at radius 1 is 1.38 bits per heavy atom. The van der Waals surface area contributed by atoms with E-state index in [1.54, 1.807) is 9.58 Å². The van der Waals surface area contributed by atoms with Crippen molar-refractivity contribution in [3.05, 3.63) is 17.0 Å². The summed E-state index contributed by atoms with van der Waals surface area (Å²) in [5.74, 6) is -0.806. The number of carboxylic acid groups (broad SMARTS) is 1. The second-order valence-electron chi connectivity index (χ2n) is 5.95. The summed E-state index contributed by atoms with van der Waals surface area (Å²) in [5.41, 5.74) is 2.03. The van der Waals surface area contributed by atoms with Crippen molar-refractivity contribution in [3.8, 4) is 0 Å². The van der Waals surface area contributed by atoms with Gasteiger partial charge in [0.1, 0.15) is 0 Å². The van der Waals surface area contributed by atoms with E-state index in [2.05, 4.69) is 5.10 Å². The number of aliphatic carboxylic acids is 1. The average Bonchev–Trinajstić information content (AvgIpc) is 2.97. The minimum Gasteiger partial charge on any atom is -0.481 e. The molecule has 0 spiro atoms. The molecule has 1 aromatic heterocycles. The minimum absolute atomic E-state index is 0.00854. The van der Waals surface area contributed by atoms with E-state index < -0.39 is 11.4 Å². The van der Waals surface area contributed by atoms with Crippen molar-refractivity contribution < 1.29 is 14.7 Å². The summed E-state index contributed by atoms with van der Waals surface area (Å²) in [6.45, 7) is 6.55. The topological polar surface area (TPSA) is 75.4 Å². The first-order valence-electron chi connectivity index (χ1n) is 7.31. The van der Waals surface area contributed by atoms with Gasteiger partial charge in [-0.3, -0.25) is 14.3 Å². The lowest BCUT2D eigenvalue weighted by molar-refractivity contribution is -0.148. The molecule has 1 aliphatic heterocycles. The van der Waals surface area contributed by atoms with Crippen LogP contribution in [0.25, 0.3) is 0 Å². The zero-order valence-corrected chi connectivity index (χ0v) is 13.1. The number of aryl methyl sites for hydroxylation is 2. The van der Waals surface area contributed by atoms with E-state index in [-0.39, 0.29) is 5.91 Å². The maximum Gasteiger partial charge on any atom is 0.311 e. The average molecular weight is 293 g/mol. The first-order chi connectivity index (χ1) is 9.80.